The van der Waals surface area contributed by atoms with Crippen molar-refractivity contribution in [2.45, 2.75) is 20.8 Å². The summed E-state index contributed by atoms with van der Waals surface area (Å²) < 4.78 is 9.92. The highest BCUT2D eigenvalue weighted by atomic mass is 16.5. The highest BCUT2D eigenvalue weighted by Crippen LogP contribution is 2.00. The van der Waals surface area contributed by atoms with Gasteiger partial charge >= 0.3 is 5.97 Å². The zero-order valence-corrected chi connectivity index (χ0v) is 11.5. The van der Waals surface area contributed by atoms with Crippen LogP contribution in [0.4, 0.5) is 0 Å². The molecule has 0 fully saturated rings. The standard InChI is InChI=1S/C12H24N2O4/c1-4-18-12(16)8-14(7-10(2)3)11(15)9-17-6-5-13/h10H,4-9,13H2,1-3H3. The van der Waals surface area contributed by atoms with Gasteiger partial charge in [0, 0.05) is 13.1 Å². The summed E-state index contributed by atoms with van der Waals surface area (Å²) in [5.74, 6) is -0.339. The Morgan fingerprint density at radius 3 is 2.50 bits per heavy atom. The number of esters is 1. The number of amides is 1. The van der Waals surface area contributed by atoms with Gasteiger partial charge in [-0.15, -0.1) is 0 Å². The number of nitrogens with two attached hydrogens (primary N) is 1. The first-order valence-electron chi connectivity index (χ1n) is 6.22. The molecule has 0 radical (unpaired) electrons. The predicted molar refractivity (Wildman–Crippen MR) is 67.9 cm³/mol. The second-order valence-corrected chi connectivity index (χ2v) is 4.31. The lowest BCUT2D eigenvalue weighted by atomic mass is 10.2. The normalized spacial score (nSPS) is 10.5. The predicted octanol–water partition coefficient (Wildman–Crippen LogP) is 0.00940. The van der Waals surface area contributed by atoms with Gasteiger partial charge in [-0.25, -0.2) is 0 Å². The number of nitrogens with zero attached hydrogens (tertiary/aromatic N) is 1. The molecule has 0 unspecified atom stereocenters. The number of carbonyl (C=O) groups excluding carboxylic acids is 2. The van der Waals surface area contributed by atoms with Crippen LogP contribution in [0.5, 0.6) is 0 Å². The van der Waals surface area contributed by atoms with Crippen molar-refractivity contribution in [2.75, 3.05) is 39.5 Å². The quantitative estimate of drug-likeness (QED) is 0.466. The number of rotatable bonds is 9. The summed E-state index contributed by atoms with van der Waals surface area (Å²) >= 11 is 0. The van der Waals surface area contributed by atoms with E-state index in [1.807, 2.05) is 13.8 Å². The summed E-state index contributed by atoms with van der Waals surface area (Å²) in [6.07, 6.45) is 0. The first-order chi connectivity index (χ1) is 8.51. The lowest BCUT2D eigenvalue weighted by molar-refractivity contribution is -0.150. The Bertz CT molecular complexity index is 256. The molecular formula is C12H24N2O4. The SMILES string of the molecule is CCOC(=O)CN(CC(C)C)C(=O)COCCN. The minimum Gasteiger partial charge on any atom is -0.465 e. The fraction of sp³-hybridized carbons (Fsp3) is 0.833. The minimum atomic E-state index is -0.398. The van der Waals surface area contributed by atoms with Gasteiger partial charge in [-0.2, -0.15) is 0 Å². The summed E-state index contributed by atoms with van der Waals surface area (Å²) in [5, 5.41) is 0. The second kappa shape index (κ2) is 9.85. The number of hydrogen-bond donors (Lipinski definition) is 1. The highest BCUT2D eigenvalue weighted by molar-refractivity contribution is 5.82. The molecule has 18 heavy (non-hydrogen) atoms. The van der Waals surface area contributed by atoms with Crippen LogP contribution >= 0.6 is 0 Å². The van der Waals surface area contributed by atoms with Crippen LogP contribution in [-0.4, -0.2) is 56.2 Å². The molecule has 0 aromatic carbocycles. The first kappa shape index (κ1) is 16.9. The van der Waals surface area contributed by atoms with Gasteiger partial charge in [-0.1, -0.05) is 13.8 Å². The smallest absolute Gasteiger partial charge is 0.325 e. The average Bonchev–Trinajstić information content (AvgIpc) is 2.28. The molecule has 0 saturated carbocycles. The van der Waals surface area contributed by atoms with Crippen molar-refractivity contribution in [3.05, 3.63) is 0 Å². The van der Waals surface area contributed by atoms with Gasteiger partial charge in [-0.3, -0.25) is 9.59 Å². The molecule has 0 aromatic rings. The van der Waals surface area contributed by atoms with Gasteiger partial charge in [-0.05, 0) is 12.8 Å². The molecule has 0 aromatic heterocycles. The fourth-order valence-electron chi connectivity index (χ4n) is 1.39. The summed E-state index contributed by atoms with van der Waals surface area (Å²) in [6, 6.07) is 0. The number of carbonyl (C=O) groups is 2. The van der Waals surface area contributed by atoms with Crippen LogP contribution in [0.15, 0.2) is 0 Å². The van der Waals surface area contributed by atoms with Gasteiger partial charge in [0.15, 0.2) is 0 Å². The van der Waals surface area contributed by atoms with E-state index in [0.29, 0.717) is 26.3 Å². The van der Waals surface area contributed by atoms with Gasteiger partial charge in [0.05, 0.1) is 13.2 Å². The maximum atomic E-state index is 11.8. The van der Waals surface area contributed by atoms with Crippen LogP contribution < -0.4 is 5.73 Å². The molecule has 0 spiro atoms. The molecule has 0 atom stereocenters. The van der Waals surface area contributed by atoms with E-state index in [4.69, 9.17) is 15.2 Å². The molecule has 0 aliphatic heterocycles. The summed E-state index contributed by atoms with van der Waals surface area (Å²) in [5.41, 5.74) is 5.27. The lowest BCUT2D eigenvalue weighted by Crippen LogP contribution is -2.41. The third kappa shape index (κ3) is 8.03. The van der Waals surface area contributed by atoms with Crippen molar-refractivity contribution in [2.24, 2.45) is 11.7 Å². The Labute approximate surface area is 108 Å². The molecular weight excluding hydrogens is 236 g/mol. The molecule has 2 N–H and O–H groups in total. The zero-order valence-electron chi connectivity index (χ0n) is 11.5. The molecule has 0 saturated heterocycles. The van der Waals surface area contributed by atoms with Crippen molar-refractivity contribution in [1.29, 1.82) is 0 Å². The van der Waals surface area contributed by atoms with Gasteiger partial charge in [0.25, 0.3) is 0 Å². The Hall–Kier alpha value is -1.14. The molecule has 1 amide bonds. The average molecular weight is 260 g/mol. The second-order valence-electron chi connectivity index (χ2n) is 4.31. The van der Waals surface area contributed by atoms with E-state index < -0.39 is 5.97 Å². The highest BCUT2D eigenvalue weighted by Gasteiger charge is 2.18. The Balaban J connectivity index is 4.28. The van der Waals surface area contributed by atoms with E-state index in [1.54, 1.807) is 6.92 Å². The summed E-state index contributed by atoms with van der Waals surface area (Å²) in [4.78, 5) is 24.7. The fourth-order valence-corrected chi connectivity index (χ4v) is 1.39. The molecule has 0 aliphatic carbocycles. The monoisotopic (exact) mass is 260 g/mol. The van der Waals surface area contributed by atoms with Crippen molar-refractivity contribution in [3.8, 4) is 0 Å². The molecule has 0 bridgehead atoms. The van der Waals surface area contributed by atoms with E-state index in [-0.39, 0.29) is 25.0 Å². The van der Waals surface area contributed by atoms with E-state index in [0.717, 1.165) is 0 Å². The van der Waals surface area contributed by atoms with E-state index in [2.05, 4.69) is 0 Å². The summed E-state index contributed by atoms with van der Waals surface area (Å²) in [7, 11) is 0. The molecule has 106 valence electrons. The van der Waals surface area contributed by atoms with E-state index >= 15 is 0 Å². The van der Waals surface area contributed by atoms with Gasteiger partial charge < -0.3 is 20.1 Å². The minimum absolute atomic E-state index is 0.0309. The van der Waals surface area contributed by atoms with Crippen LogP contribution in [0.3, 0.4) is 0 Å². The molecule has 6 heteroatoms. The Morgan fingerprint density at radius 2 is 2.00 bits per heavy atom. The lowest BCUT2D eigenvalue weighted by Gasteiger charge is -2.23. The van der Waals surface area contributed by atoms with Gasteiger partial charge in [0.2, 0.25) is 5.91 Å². The van der Waals surface area contributed by atoms with Crippen LogP contribution in [-0.2, 0) is 19.1 Å². The van der Waals surface area contributed by atoms with Crippen molar-refractivity contribution in [1.82, 2.24) is 4.90 Å². The topological polar surface area (TPSA) is 81.9 Å². The largest absolute Gasteiger partial charge is 0.465 e. The van der Waals surface area contributed by atoms with Crippen molar-refractivity contribution >= 4 is 11.9 Å². The van der Waals surface area contributed by atoms with E-state index in [1.165, 1.54) is 4.90 Å². The van der Waals surface area contributed by atoms with Gasteiger partial charge in [0.1, 0.15) is 13.2 Å². The Kier molecular flexibility index (Phi) is 9.22. The maximum Gasteiger partial charge on any atom is 0.325 e. The van der Waals surface area contributed by atoms with Crippen LogP contribution in [0, 0.1) is 5.92 Å². The summed E-state index contributed by atoms with van der Waals surface area (Å²) in [6.45, 7) is 7.13. The Morgan fingerprint density at radius 1 is 1.33 bits per heavy atom. The van der Waals surface area contributed by atoms with Crippen LogP contribution in [0.1, 0.15) is 20.8 Å². The first-order valence-corrected chi connectivity index (χ1v) is 6.22. The molecule has 0 aliphatic rings. The van der Waals surface area contributed by atoms with Crippen LogP contribution in [0.25, 0.3) is 0 Å². The molecule has 6 nitrogen and oxygen atoms in total. The van der Waals surface area contributed by atoms with Crippen LogP contribution in [0.2, 0.25) is 0 Å². The van der Waals surface area contributed by atoms with Crippen molar-refractivity contribution < 1.29 is 19.1 Å². The van der Waals surface area contributed by atoms with E-state index in [9.17, 15) is 9.59 Å². The zero-order chi connectivity index (χ0) is 14.0. The third-order valence-corrected chi connectivity index (χ3v) is 2.05. The number of ether oxygens (including phenoxy) is 2. The van der Waals surface area contributed by atoms with Crippen molar-refractivity contribution in [3.63, 3.8) is 0 Å². The molecule has 0 heterocycles. The number of hydrogen-bond acceptors (Lipinski definition) is 5. The maximum absolute atomic E-state index is 11.8. The third-order valence-electron chi connectivity index (χ3n) is 2.05. The molecule has 0 rings (SSSR count).